The Morgan fingerprint density at radius 1 is 1.05 bits per heavy atom. The number of nitrogens with one attached hydrogen (secondary N) is 1. The predicted octanol–water partition coefficient (Wildman–Crippen LogP) is 3.04. The van der Waals surface area contributed by atoms with Gasteiger partial charge in [0.1, 0.15) is 5.82 Å². The average Bonchev–Trinajstić information content (AvgIpc) is 2.97. The molecule has 1 N–H and O–H groups in total. The van der Waals surface area contributed by atoms with Crippen molar-refractivity contribution in [3.63, 3.8) is 0 Å². The van der Waals surface area contributed by atoms with Crippen LogP contribution in [0.25, 0.3) is 11.1 Å². The van der Waals surface area contributed by atoms with Gasteiger partial charge in [0.2, 0.25) is 0 Å². The van der Waals surface area contributed by atoms with Gasteiger partial charge in [0.15, 0.2) is 0 Å². The van der Waals surface area contributed by atoms with Crippen LogP contribution >= 0.6 is 0 Å². The average molecular weight is 264 g/mol. The van der Waals surface area contributed by atoms with Gasteiger partial charge in [0, 0.05) is 30.6 Å². The van der Waals surface area contributed by atoms with Gasteiger partial charge in [-0.3, -0.25) is 4.68 Å². The van der Waals surface area contributed by atoms with Gasteiger partial charge in [-0.15, -0.1) is 0 Å². The Morgan fingerprint density at radius 3 is 2.70 bits per heavy atom. The topological polar surface area (TPSA) is 42.7 Å². The molecule has 0 amide bonds. The first-order valence-electron chi connectivity index (χ1n) is 6.56. The molecule has 1 aromatic carbocycles. The molecular weight excluding hydrogens is 248 g/mol. The zero-order valence-corrected chi connectivity index (χ0v) is 11.3. The smallest absolute Gasteiger partial charge is 0.130 e. The van der Waals surface area contributed by atoms with E-state index in [2.05, 4.69) is 39.8 Å². The fourth-order valence-corrected chi connectivity index (χ4v) is 2.20. The molecule has 20 heavy (non-hydrogen) atoms. The zero-order valence-electron chi connectivity index (χ0n) is 11.3. The van der Waals surface area contributed by atoms with Gasteiger partial charge >= 0.3 is 0 Å². The Kier molecular flexibility index (Phi) is 3.46. The molecule has 0 aliphatic carbocycles. The van der Waals surface area contributed by atoms with Gasteiger partial charge in [-0.25, -0.2) is 4.98 Å². The first-order chi connectivity index (χ1) is 9.86. The summed E-state index contributed by atoms with van der Waals surface area (Å²) >= 11 is 0. The molecule has 0 unspecified atom stereocenters. The van der Waals surface area contributed by atoms with Crippen molar-refractivity contribution in [2.75, 3.05) is 12.4 Å². The van der Waals surface area contributed by atoms with Crippen molar-refractivity contribution in [2.24, 2.45) is 0 Å². The van der Waals surface area contributed by atoms with Crippen molar-refractivity contribution in [1.29, 1.82) is 0 Å². The second-order valence-corrected chi connectivity index (χ2v) is 4.55. The molecule has 100 valence electrons. The van der Waals surface area contributed by atoms with Gasteiger partial charge in [0.25, 0.3) is 0 Å². The number of hydrogen-bond acceptors (Lipinski definition) is 3. The summed E-state index contributed by atoms with van der Waals surface area (Å²) in [5.74, 6) is 0.893. The minimum atomic E-state index is 0.705. The van der Waals surface area contributed by atoms with Crippen LogP contribution in [0.5, 0.6) is 0 Å². The summed E-state index contributed by atoms with van der Waals surface area (Å²) in [5, 5.41) is 7.53. The SMILES string of the molecule is CNc1ncccc1Cn1cc(-c2ccccc2)cn1. The van der Waals surface area contributed by atoms with Crippen molar-refractivity contribution in [3.8, 4) is 11.1 Å². The van der Waals surface area contributed by atoms with E-state index in [0.29, 0.717) is 6.54 Å². The van der Waals surface area contributed by atoms with Gasteiger partial charge < -0.3 is 5.32 Å². The third-order valence-electron chi connectivity index (χ3n) is 3.20. The Balaban J connectivity index is 1.84. The lowest BCUT2D eigenvalue weighted by molar-refractivity contribution is 0.686. The molecule has 2 heterocycles. The number of anilines is 1. The molecule has 2 aromatic heterocycles. The maximum atomic E-state index is 4.42. The lowest BCUT2D eigenvalue weighted by atomic mass is 10.1. The number of benzene rings is 1. The van der Waals surface area contributed by atoms with Crippen LogP contribution < -0.4 is 5.32 Å². The van der Waals surface area contributed by atoms with E-state index in [0.717, 1.165) is 16.9 Å². The minimum absolute atomic E-state index is 0.705. The molecule has 0 aliphatic heterocycles. The van der Waals surface area contributed by atoms with E-state index in [4.69, 9.17) is 0 Å². The maximum Gasteiger partial charge on any atom is 0.130 e. The first kappa shape index (κ1) is 12.4. The Bertz CT molecular complexity index is 688. The van der Waals surface area contributed by atoms with E-state index in [1.165, 1.54) is 5.56 Å². The Hall–Kier alpha value is -2.62. The maximum absolute atomic E-state index is 4.42. The highest BCUT2D eigenvalue weighted by molar-refractivity contribution is 5.61. The summed E-state index contributed by atoms with van der Waals surface area (Å²) in [6, 6.07) is 14.3. The molecule has 0 spiro atoms. The molecular formula is C16H16N4. The van der Waals surface area contributed by atoms with Crippen LogP contribution in [-0.4, -0.2) is 21.8 Å². The van der Waals surface area contributed by atoms with E-state index in [1.54, 1.807) is 6.20 Å². The van der Waals surface area contributed by atoms with E-state index >= 15 is 0 Å². The molecule has 0 saturated heterocycles. The van der Waals surface area contributed by atoms with Crippen molar-refractivity contribution < 1.29 is 0 Å². The van der Waals surface area contributed by atoms with Gasteiger partial charge in [0.05, 0.1) is 12.7 Å². The Labute approximate surface area is 118 Å². The second-order valence-electron chi connectivity index (χ2n) is 4.55. The second kappa shape index (κ2) is 5.57. The van der Waals surface area contributed by atoms with Gasteiger partial charge in [-0.1, -0.05) is 36.4 Å². The van der Waals surface area contributed by atoms with E-state index in [1.807, 2.05) is 42.2 Å². The molecule has 0 bridgehead atoms. The van der Waals surface area contributed by atoms with E-state index in [-0.39, 0.29) is 0 Å². The fraction of sp³-hybridized carbons (Fsp3) is 0.125. The molecule has 0 saturated carbocycles. The summed E-state index contributed by atoms with van der Waals surface area (Å²) in [5.41, 5.74) is 3.43. The van der Waals surface area contributed by atoms with E-state index in [9.17, 15) is 0 Å². The molecule has 0 fully saturated rings. The quantitative estimate of drug-likeness (QED) is 0.787. The number of rotatable bonds is 4. The lowest BCUT2D eigenvalue weighted by Gasteiger charge is -2.07. The highest BCUT2D eigenvalue weighted by Crippen LogP contribution is 2.19. The lowest BCUT2D eigenvalue weighted by Crippen LogP contribution is -2.04. The summed E-state index contributed by atoms with van der Waals surface area (Å²) in [7, 11) is 1.88. The monoisotopic (exact) mass is 264 g/mol. The number of hydrogen-bond donors (Lipinski definition) is 1. The van der Waals surface area contributed by atoms with Crippen LogP contribution in [0.15, 0.2) is 61.1 Å². The van der Waals surface area contributed by atoms with Gasteiger partial charge in [-0.05, 0) is 11.6 Å². The molecule has 4 nitrogen and oxygen atoms in total. The number of pyridine rings is 1. The number of nitrogens with zero attached hydrogens (tertiary/aromatic N) is 3. The first-order valence-corrected chi connectivity index (χ1v) is 6.56. The van der Waals surface area contributed by atoms with Crippen LogP contribution in [-0.2, 0) is 6.54 Å². The zero-order chi connectivity index (χ0) is 13.8. The van der Waals surface area contributed by atoms with Crippen LogP contribution in [0, 0.1) is 0 Å². The molecule has 4 heteroatoms. The predicted molar refractivity (Wildman–Crippen MR) is 80.5 cm³/mol. The summed E-state index contributed by atoms with van der Waals surface area (Å²) in [6.45, 7) is 0.705. The molecule has 3 aromatic rings. The van der Waals surface area contributed by atoms with Crippen LogP contribution in [0.4, 0.5) is 5.82 Å². The van der Waals surface area contributed by atoms with E-state index < -0.39 is 0 Å². The standard InChI is InChI=1S/C16H16N4/c1-17-16-14(8-5-9-18-16)11-20-12-15(10-19-20)13-6-3-2-4-7-13/h2-10,12H,11H2,1H3,(H,17,18). The molecule has 0 radical (unpaired) electrons. The summed E-state index contributed by atoms with van der Waals surface area (Å²) in [4.78, 5) is 4.31. The molecule has 0 atom stereocenters. The van der Waals surface area contributed by atoms with Crippen LogP contribution in [0.1, 0.15) is 5.56 Å². The minimum Gasteiger partial charge on any atom is -0.373 e. The van der Waals surface area contributed by atoms with Crippen molar-refractivity contribution in [3.05, 3.63) is 66.6 Å². The molecule has 3 rings (SSSR count). The molecule has 0 aliphatic rings. The largest absolute Gasteiger partial charge is 0.373 e. The Morgan fingerprint density at radius 2 is 1.90 bits per heavy atom. The summed E-state index contributed by atoms with van der Waals surface area (Å²) in [6.07, 6.45) is 5.74. The van der Waals surface area contributed by atoms with Crippen molar-refractivity contribution in [1.82, 2.24) is 14.8 Å². The third-order valence-corrected chi connectivity index (χ3v) is 3.20. The van der Waals surface area contributed by atoms with Crippen molar-refractivity contribution in [2.45, 2.75) is 6.54 Å². The van der Waals surface area contributed by atoms with Crippen LogP contribution in [0.3, 0.4) is 0 Å². The van der Waals surface area contributed by atoms with Crippen molar-refractivity contribution >= 4 is 5.82 Å². The highest BCUT2D eigenvalue weighted by Gasteiger charge is 2.05. The summed E-state index contributed by atoms with van der Waals surface area (Å²) < 4.78 is 1.93. The fourth-order valence-electron chi connectivity index (χ4n) is 2.20. The third kappa shape index (κ3) is 2.54. The van der Waals surface area contributed by atoms with Crippen LogP contribution in [0.2, 0.25) is 0 Å². The highest BCUT2D eigenvalue weighted by atomic mass is 15.3. The normalized spacial score (nSPS) is 10.4. The van der Waals surface area contributed by atoms with Gasteiger partial charge in [-0.2, -0.15) is 5.10 Å². The number of aromatic nitrogens is 3.